The smallest absolute Gasteiger partial charge is 0.223 e. The molecule has 2 fully saturated rings. The minimum Gasteiger partial charge on any atom is -0.369 e. The number of carbonyl (C=O) groups excluding carboxylic acids is 2. The predicted octanol–water partition coefficient (Wildman–Crippen LogP) is -0.0103. The molecule has 0 spiro atoms. The van der Waals surface area contributed by atoms with Crippen LogP contribution in [0.4, 0.5) is 0 Å². The topological polar surface area (TPSA) is 84.5 Å². The van der Waals surface area contributed by atoms with E-state index in [-0.39, 0.29) is 30.2 Å². The first-order chi connectivity index (χ1) is 11.0. The minimum absolute atomic E-state index is 0.0827. The Morgan fingerprint density at radius 1 is 1.35 bits per heavy atom. The Kier molecular flexibility index (Phi) is 4.66. The molecule has 1 unspecified atom stereocenters. The van der Waals surface area contributed by atoms with Crippen molar-refractivity contribution in [3.8, 4) is 0 Å². The van der Waals surface area contributed by atoms with Gasteiger partial charge in [-0.15, -0.1) is 0 Å². The molecule has 7 heteroatoms. The Morgan fingerprint density at radius 2 is 2.09 bits per heavy atom. The molecule has 2 amide bonds. The van der Waals surface area contributed by atoms with Crippen molar-refractivity contribution in [2.24, 2.45) is 11.7 Å². The highest BCUT2D eigenvalue weighted by atomic mass is 16.2. The molecule has 1 atom stereocenters. The highest BCUT2D eigenvalue weighted by molar-refractivity contribution is 5.88. The lowest BCUT2D eigenvalue weighted by Crippen LogP contribution is -2.46. The quantitative estimate of drug-likeness (QED) is 0.827. The van der Waals surface area contributed by atoms with E-state index in [9.17, 15) is 9.59 Å². The number of likely N-dealkylation sites (tertiary alicyclic amines) is 2. The van der Waals surface area contributed by atoms with Crippen molar-refractivity contribution < 1.29 is 9.59 Å². The first kappa shape index (κ1) is 16.0. The SMILES string of the molecule is Cc1cnn(CCN2CCC(N3CC(C(N)=O)CC3=O)CC2)c1. The summed E-state index contributed by atoms with van der Waals surface area (Å²) in [6, 6.07) is 0.259. The second kappa shape index (κ2) is 6.70. The van der Waals surface area contributed by atoms with Crippen LogP contribution in [0.15, 0.2) is 12.4 Å². The van der Waals surface area contributed by atoms with E-state index in [0.29, 0.717) is 6.54 Å². The van der Waals surface area contributed by atoms with Crippen molar-refractivity contribution in [3.63, 3.8) is 0 Å². The molecular formula is C16H25N5O2. The summed E-state index contributed by atoms with van der Waals surface area (Å²) in [5.41, 5.74) is 6.52. The van der Waals surface area contributed by atoms with Gasteiger partial charge in [-0.1, -0.05) is 0 Å². The second-order valence-corrected chi connectivity index (χ2v) is 6.70. The molecule has 2 saturated heterocycles. The van der Waals surface area contributed by atoms with Crippen LogP contribution in [0.3, 0.4) is 0 Å². The van der Waals surface area contributed by atoms with Crippen LogP contribution in [-0.4, -0.2) is 63.6 Å². The molecule has 126 valence electrons. The maximum Gasteiger partial charge on any atom is 0.223 e. The van der Waals surface area contributed by atoms with Gasteiger partial charge in [-0.2, -0.15) is 5.10 Å². The second-order valence-electron chi connectivity index (χ2n) is 6.70. The molecule has 0 radical (unpaired) electrons. The van der Waals surface area contributed by atoms with Crippen LogP contribution < -0.4 is 5.73 Å². The Morgan fingerprint density at radius 3 is 2.65 bits per heavy atom. The average Bonchev–Trinajstić information content (AvgIpc) is 3.12. The molecule has 1 aromatic rings. The highest BCUT2D eigenvalue weighted by Crippen LogP contribution is 2.25. The zero-order chi connectivity index (χ0) is 16.4. The van der Waals surface area contributed by atoms with Gasteiger partial charge in [-0.3, -0.25) is 14.3 Å². The first-order valence-corrected chi connectivity index (χ1v) is 8.33. The normalized spacial score (nSPS) is 23.6. The van der Waals surface area contributed by atoms with E-state index in [1.54, 1.807) is 0 Å². The fourth-order valence-corrected chi connectivity index (χ4v) is 3.56. The molecule has 0 bridgehead atoms. The Bertz CT molecular complexity index is 577. The maximum atomic E-state index is 12.1. The third-order valence-corrected chi connectivity index (χ3v) is 4.97. The molecule has 2 aliphatic rings. The predicted molar refractivity (Wildman–Crippen MR) is 85.4 cm³/mol. The van der Waals surface area contributed by atoms with Crippen LogP contribution in [0.1, 0.15) is 24.8 Å². The number of aryl methyl sites for hydroxylation is 1. The molecule has 0 aliphatic carbocycles. The van der Waals surface area contributed by atoms with E-state index in [0.717, 1.165) is 39.0 Å². The number of nitrogens with two attached hydrogens (primary N) is 1. The molecule has 2 N–H and O–H groups in total. The number of hydrogen-bond acceptors (Lipinski definition) is 4. The van der Waals surface area contributed by atoms with Crippen LogP contribution in [-0.2, 0) is 16.1 Å². The fourth-order valence-electron chi connectivity index (χ4n) is 3.56. The van der Waals surface area contributed by atoms with Gasteiger partial charge in [0.25, 0.3) is 0 Å². The van der Waals surface area contributed by atoms with E-state index < -0.39 is 0 Å². The molecule has 0 aromatic carbocycles. The number of piperidine rings is 1. The van der Waals surface area contributed by atoms with Crippen LogP contribution in [0, 0.1) is 12.8 Å². The van der Waals surface area contributed by atoms with Crippen LogP contribution >= 0.6 is 0 Å². The average molecular weight is 319 g/mol. The Balaban J connectivity index is 1.45. The number of hydrogen-bond donors (Lipinski definition) is 1. The number of aromatic nitrogens is 2. The van der Waals surface area contributed by atoms with Gasteiger partial charge in [0.15, 0.2) is 0 Å². The van der Waals surface area contributed by atoms with Gasteiger partial charge in [0.1, 0.15) is 0 Å². The monoisotopic (exact) mass is 319 g/mol. The van der Waals surface area contributed by atoms with Gasteiger partial charge in [-0.25, -0.2) is 0 Å². The van der Waals surface area contributed by atoms with E-state index in [1.807, 2.05) is 22.7 Å². The zero-order valence-electron chi connectivity index (χ0n) is 13.6. The van der Waals surface area contributed by atoms with Crippen LogP contribution in [0.5, 0.6) is 0 Å². The number of carbonyl (C=O) groups is 2. The van der Waals surface area contributed by atoms with Gasteiger partial charge >= 0.3 is 0 Å². The van der Waals surface area contributed by atoms with Crippen LogP contribution in [0.25, 0.3) is 0 Å². The maximum absolute atomic E-state index is 12.1. The van der Waals surface area contributed by atoms with Gasteiger partial charge in [0.2, 0.25) is 11.8 Å². The van der Waals surface area contributed by atoms with Crippen LogP contribution in [0.2, 0.25) is 0 Å². The van der Waals surface area contributed by atoms with Crippen molar-refractivity contribution in [1.29, 1.82) is 0 Å². The lowest BCUT2D eigenvalue weighted by Gasteiger charge is -2.36. The first-order valence-electron chi connectivity index (χ1n) is 8.33. The highest BCUT2D eigenvalue weighted by Gasteiger charge is 2.37. The number of nitrogens with zero attached hydrogens (tertiary/aromatic N) is 4. The lowest BCUT2D eigenvalue weighted by atomic mass is 10.0. The van der Waals surface area contributed by atoms with Crippen molar-refractivity contribution >= 4 is 11.8 Å². The summed E-state index contributed by atoms with van der Waals surface area (Å²) >= 11 is 0. The van der Waals surface area contributed by atoms with E-state index in [2.05, 4.69) is 16.2 Å². The molecule has 23 heavy (non-hydrogen) atoms. The Hall–Kier alpha value is -1.89. The molecule has 2 aliphatic heterocycles. The molecule has 3 heterocycles. The molecule has 1 aromatic heterocycles. The summed E-state index contributed by atoms with van der Waals surface area (Å²) in [7, 11) is 0. The molecular weight excluding hydrogens is 294 g/mol. The van der Waals surface area contributed by atoms with Crippen molar-refractivity contribution in [2.75, 3.05) is 26.2 Å². The summed E-state index contributed by atoms with van der Waals surface area (Å²) in [5.74, 6) is -0.573. The summed E-state index contributed by atoms with van der Waals surface area (Å²) in [6.45, 7) is 6.38. The summed E-state index contributed by atoms with van der Waals surface area (Å²) in [4.78, 5) is 27.6. The van der Waals surface area contributed by atoms with Gasteiger partial charge in [0.05, 0.1) is 18.7 Å². The molecule has 3 rings (SSSR count). The van der Waals surface area contributed by atoms with Crippen molar-refractivity contribution in [3.05, 3.63) is 18.0 Å². The number of amides is 2. The third kappa shape index (κ3) is 3.72. The number of primary amides is 1. The fraction of sp³-hybridized carbons (Fsp3) is 0.688. The Labute approximate surface area is 136 Å². The molecule has 0 saturated carbocycles. The van der Waals surface area contributed by atoms with E-state index >= 15 is 0 Å². The summed E-state index contributed by atoms with van der Waals surface area (Å²) in [5, 5.41) is 4.31. The van der Waals surface area contributed by atoms with E-state index in [4.69, 9.17) is 5.73 Å². The zero-order valence-corrected chi connectivity index (χ0v) is 13.6. The minimum atomic E-state index is -0.354. The largest absolute Gasteiger partial charge is 0.369 e. The lowest BCUT2D eigenvalue weighted by molar-refractivity contribution is -0.130. The van der Waals surface area contributed by atoms with Gasteiger partial charge in [-0.05, 0) is 25.3 Å². The van der Waals surface area contributed by atoms with Gasteiger partial charge < -0.3 is 15.5 Å². The summed E-state index contributed by atoms with van der Waals surface area (Å²) in [6.07, 6.45) is 6.15. The van der Waals surface area contributed by atoms with Crippen molar-refractivity contribution in [1.82, 2.24) is 19.6 Å². The van der Waals surface area contributed by atoms with Gasteiger partial charge in [0, 0.05) is 44.8 Å². The molecule has 7 nitrogen and oxygen atoms in total. The third-order valence-electron chi connectivity index (χ3n) is 4.97. The number of rotatable bonds is 5. The van der Waals surface area contributed by atoms with Crippen molar-refractivity contribution in [2.45, 2.75) is 38.8 Å². The summed E-state index contributed by atoms with van der Waals surface area (Å²) < 4.78 is 1.98. The van der Waals surface area contributed by atoms with E-state index in [1.165, 1.54) is 5.56 Å². The standard InChI is InChI=1S/C16H25N5O2/c1-12-9-18-20(10-12)7-6-19-4-2-14(3-5-19)21-11-13(16(17)23)8-15(21)22/h9-10,13-14H,2-8,11H2,1H3,(H2,17,23).